The van der Waals surface area contributed by atoms with Gasteiger partial charge in [0, 0.05) is 16.7 Å². The summed E-state index contributed by atoms with van der Waals surface area (Å²) in [5.74, 6) is 5.77. The summed E-state index contributed by atoms with van der Waals surface area (Å²) < 4.78 is 0. The van der Waals surface area contributed by atoms with Crippen LogP contribution in [0.4, 0.5) is 5.69 Å². The predicted octanol–water partition coefficient (Wildman–Crippen LogP) is 2.29. The highest BCUT2D eigenvalue weighted by Gasteiger charge is 2.21. The van der Waals surface area contributed by atoms with E-state index in [9.17, 15) is 4.79 Å². The van der Waals surface area contributed by atoms with Crippen molar-refractivity contribution in [2.75, 3.05) is 11.9 Å². The molecule has 3 nitrogen and oxygen atoms in total. The Morgan fingerprint density at radius 2 is 2.00 bits per heavy atom. The number of hydrogen-bond acceptors (Lipinski definition) is 2. The van der Waals surface area contributed by atoms with Crippen LogP contribution in [0.3, 0.4) is 0 Å². The minimum absolute atomic E-state index is 0.00849. The van der Waals surface area contributed by atoms with Crippen LogP contribution in [0.15, 0.2) is 18.2 Å². The molecule has 0 saturated heterocycles. The largest absolute Gasteiger partial charge is 0.326 e. The van der Waals surface area contributed by atoms with Crippen LogP contribution in [0.2, 0.25) is 0 Å². The minimum atomic E-state index is -0.410. The third-order valence-electron chi connectivity index (χ3n) is 2.35. The standard InChI is InChI=1S/C15H20N2O/c1-11-8-12(6-5-7-16)10-13(9-11)17-14(18)15(2,3)4/h8-10H,7,16H2,1-4H3,(H,17,18). The van der Waals surface area contributed by atoms with Crippen molar-refractivity contribution in [3.05, 3.63) is 29.3 Å². The summed E-state index contributed by atoms with van der Waals surface area (Å²) in [4.78, 5) is 11.9. The molecule has 0 saturated carbocycles. The van der Waals surface area contributed by atoms with Crippen molar-refractivity contribution in [2.24, 2.45) is 11.1 Å². The van der Waals surface area contributed by atoms with Gasteiger partial charge in [0.1, 0.15) is 0 Å². The zero-order chi connectivity index (χ0) is 13.8. The third-order valence-corrected chi connectivity index (χ3v) is 2.35. The number of carbonyl (C=O) groups is 1. The number of anilines is 1. The van der Waals surface area contributed by atoms with Gasteiger partial charge >= 0.3 is 0 Å². The Morgan fingerprint density at radius 1 is 1.33 bits per heavy atom. The summed E-state index contributed by atoms with van der Waals surface area (Å²) >= 11 is 0. The monoisotopic (exact) mass is 244 g/mol. The molecule has 0 aliphatic rings. The number of rotatable bonds is 1. The second-order valence-electron chi connectivity index (χ2n) is 5.30. The number of benzene rings is 1. The minimum Gasteiger partial charge on any atom is -0.326 e. The fourth-order valence-corrected chi connectivity index (χ4v) is 1.40. The highest BCUT2D eigenvalue weighted by atomic mass is 16.2. The zero-order valence-corrected chi connectivity index (χ0v) is 11.4. The van der Waals surface area contributed by atoms with Gasteiger partial charge in [0.2, 0.25) is 5.91 Å². The van der Waals surface area contributed by atoms with Gasteiger partial charge in [0.25, 0.3) is 0 Å². The third kappa shape index (κ3) is 4.23. The lowest BCUT2D eigenvalue weighted by atomic mass is 9.95. The van der Waals surface area contributed by atoms with Gasteiger partial charge in [-0.2, -0.15) is 0 Å². The Kier molecular flexibility index (Phi) is 4.52. The second-order valence-corrected chi connectivity index (χ2v) is 5.30. The predicted molar refractivity (Wildman–Crippen MR) is 75.2 cm³/mol. The molecule has 0 spiro atoms. The van der Waals surface area contributed by atoms with Crippen molar-refractivity contribution >= 4 is 11.6 Å². The molecule has 0 bridgehead atoms. The molecule has 1 aromatic carbocycles. The van der Waals surface area contributed by atoms with Crippen LogP contribution in [-0.4, -0.2) is 12.5 Å². The van der Waals surface area contributed by atoms with Crippen LogP contribution in [0.5, 0.6) is 0 Å². The number of carbonyl (C=O) groups excluding carboxylic acids is 1. The average Bonchev–Trinajstić information content (AvgIpc) is 2.24. The van der Waals surface area contributed by atoms with E-state index in [1.807, 2.05) is 45.9 Å². The topological polar surface area (TPSA) is 55.1 Å². The van der Waals surface area contributed by atoms with E-state index in [2.05, 4.69) is 17.2 Å². The molecular formula is C15H20N2O. The molecule has 0 atom stereocenters. The van der Waals surface area contributed by atoms with Crippen LogP contribution in [0.25, 0.3) is 0 Å². The highest BCUT2D eigenvalue weighted by Crippen LogP contribution is 2.19. The van der Waals surface area contributed by atoms with E-state index in [0.29, 0.717) is 6.54 Å². The zero-order valence-electron chi connectivity index (χ0n) is 11.4. The molecular weight excluding hydrogens is 224 g/mol. The second kappa shape index (κ2) is 5.70. The van der Waals surface area contributed by atoms with Crippen LogP contribution in [-0.2, 0) is 4.79 Å². The van der Waals surface area contributed by atoms with E-state index in [0.717, 1.165) is 16.8 Å². The van der Waals surface area contributed by atoms with Gasteiger partial charge in [-0.1, -0.05) is 32.6 Å². The fourth-order valence-electron chi connectivity index (χ4n) is 1.40. The van der Waals surface area contributed by atoms with Crippen molar-refractivity contribution in [1.82, 2.24) is 0 Å². The first kappa shape index (κ1) is 14.3. The maximum Gasteiger partial charge on any atom is 0.229 e. The first-order valence-corrected chi connectivity index (χ1v) is 5.95. The molecule has 0 unspecified atom stereocenters. The molecule has 3 heteroatoms. The smallest absolute Gasteiger partial charge is 0.229 e. The molecule has 18 heavy (non-hydrogen) atoms. The molecule has 0 aliphatic heterocycles. The van der Waals surface area contributed by atoms with Crippen molar-refractivity contribution in [3.8, 4) is 11.8 Å². The first-order valence-electron chi connectivity index (χ1n) is 5.95. The molecule has 0 heterocycles. The van der Waals surface area contributed by atoms with Crippen LogP contribution >= 0.6 is 0 Å². The van der Waals surface area contributed by atoms with E-state index in [-0.39, 0.29) is 5.91 Å². The van der Waals surface area contributed by atoms with E-state index < -0.39 is 5.41 Å². The lowest BCUT2D eigenvalue weighted by molar-refractivity contribution is -0.123. The van der Waals surface area contributed by atoms with Gasteiger partial charge < -0.3 is 11.1 Å². The van der Waals surface area contributed by atoms with Gasteiger partial charge in [-0.3, -0.25) is 4.79 Å². The molecule has 0 aliphatic carbocycles. The molecule has 96 valence electrons. The van der Waals surface area contributed by atoms with Crippen molar-refractivity contribution in [3.63, 3.8) is 0 Å². The van der Waals surface area contributed by atoms with Gasteiger partial charge in [0.05, 0.1) is 6.54 Å². The number of nitrogens with two attached hydrogens (primary N) is 1. The average molecular weight is 244 g/mol. The van der Waals surface area contributed by atoms with Crippen molar-refractivity contribution < 1.29 is 4.79 Å². The number of amides is 1. The van der Waals surface area contributed by atoms with Gasteiger partial charge in [0.15, 0.2) is 0 Å². The van der Waals surface area contributed by atoms with Crippen LogP contribution < -0.4 is 11.1 Å². The lowest BCUT2D eigenvalue weighted by Gasteiger charge is -2.18. The highest BCUT2D eigenvalue weighted by molar-refractivity contribution is 5.94. The Morgan fingerprint density at radius 3 is 2.56 bits per heavy atom. The van der Waals surface area contributed by atoms with E-state index in [1.165, 1.54) is 0 Å². The van der Waals surface area contributed by atoms with E-state index >= 15 is 0 Å². The Balaban J connectivity index is 2.97. The van der Waals surface area contributed by atoms with Crippen LogP contribution in [0.1, 0.15) is 31.9 Å². The maximum atomic E-state index is 11.9. The lowest BCUT2D eigenvalue weighted by Crippen LogP contribution is -2.27. The molecule has 0 radical (unpaired) electrons. The number of hydrogen-bond donors (Lipinski definition) is 2. The Bertz CT molecular complexity index is 501. The summed E-state index contributed by atoms with van der Waals surface area (Å²) in [6, 6.07) is 5.76. The molecule has 0 fully saturated rings. The summed E-state index contributed by atoms with van der Waals surface area (Å²) in [5, 5.41) is 2.90. The van der Waals surface area contributed by atoms with E-state index in [1.54, 1.807) is 0 Å². The molecule has 1 rings (SSSR count). The fraction of sp³-hybridized carbons (Fsp3) is 0.400. The summed E-state index contributed by atoms with van der Waals surface area (Å²) in [5.41, 5.74) is 7.64. The van der Waals surface area contributed by atoms with Crippen LogP contribution in [0, 0.1) is 24.2 Å². The summed E-state index contributed by atoms with van der Waals surface area (Å²) in [7, 11) is 0. The summed E-state index contributed by atoms with van der Waals surface area (Å²) in [6.07, 6.45) is 0. The normalized spacial score (nSPS) is 10.5. The molecule has 3 N–H and O–H groups in total. The van der Waals surface area contributed by atoms with E-state index in [4.69, 9.17) is 5.73 Å². The molecule has 1 amide bonds. The maximum absolute atomic E-state index is 11.9. The Hall–Kier alpha value is -1.79. The van der Waals surface area contributed by atoms with Crippen molar-refractivity contribution in [1.29, 1.82) is 0 Å². The SMILES string of the molecule is Cc1cc(C#CCN)cc(NC(=O)C(C)(C)C)c1. The molecule has 0 aromatic heterocycles. The quantitative estimate of drug-likeness (QED) is 0.745. The van der Waals surface area contributed by atoms with Gasteiger partial charge in [-0.05, 0) is 30.7 Å². The summed E-state index contributed by atoms with van der Waals surface area (Å²) in [6.45, 7) is 7.95. The molecule has 1 aromatic rings. The first-order chi connectivity index (χ1) is 8.32. The van der Waals surface area contributed by atoms with Crippen molar-refractivity contribution in [2.45, 2.75) is 27.7 Å². The van der Waals surface area contributed by atoms with Gasteiger partial charge in [-0.25, -0.2) is 0 Å². The van der Waals surface area contributed by atoms with Gasteiger partial charge in [-0.15, -0.1) is 0 Å². The number of aryl methyl sites for hydroxylation is 1. The Labute approximate surface area is 109 Å². The number of nitrogens with one attached hydrogen (secondary N) is 1.